The van der Waals surface area contributed by atoms with E-state index < -0.39 is 0 Å². The quantitative estimate of drug-likeness (QED) is 0.601. The van der Waals surface area contributed by atoms with Gasteiger partial charge in [0, 0.05) is 19.2 Å². The summed E-state index contributed by atoms with van der Waals surface area (Å²) >= 11 is 0. The number of aryl methyl sites for hydroxylation is 1. The summed E-state index contributed by atoms with van der Waals surface area (Å²) in [6, 6.07) is 11.0. The largest absolute Gasteiger partial charge is 0.376 e. The second-order valence-electron chi connectivity index (χ2n) is 5.92. The second kappa shape index (κ2) is 9.46. The summed E-state index contributed by atoms with van der Waals surface area (Å²) in [5.41, 5.74) is 1.39. The van der Waals surface area contributed by atoms with Crippen molar-refractivity contribution < 1.29 is 4.74 Å². The maximum atomic E-state index is 5.63. The molecule has 122 valence electrons. The van der Waals surface area contributed by atoms with Crippen molar-refractivity contribution in [2.45, 2.75) is 51.7 Å². The molecule has 0 bridgehead atoms. The number of nitrogens with zero attached hydrogens (tertiary/aromatic N) is 1. The predicted molar refractivity (Wildman–Crippen MR) is 92.3 cm³/mol. The zero-order valence-corrected chi connectivity index (χ0v) is 13.8. The van der Waals surface area contributed by atoms with Crippen LogP contribution in [-0.2, 0) is 11.2 Å². The summed E-state index contributed by atoms with van der Waals surface area (Å²) in [5, 5.41) is 6.81. The lowest BCUT2D eigenvalue weighted by Crippen LogP contribution is -2.42. The number of aliphatic imine (C=N–C) groups is 1. The third-order valence-corrected chi connectivity index (χ3v) is 3.91. The van der Waals surface area contributed by atoms with E-state index in [2.05, 4.69) is 59.8 Å². The molecular weight excluding hydrogens is 274 g/mol. The molecular formula is C18H29N3O. The smallest absolute Gasteiger partial charge is 0.191 e. The first-order chi connectivity index (χ1) is 10.8. The van der Waals surface area contributed by atoms with Crippen molar-refractivity contribution >= 4 is 5.96 Å². The van der Waals surface area contributed by atoms with Crippen LogP contribution in [0.25, 0.3) is 0 Å². The molecule has 4 heteroatoms. The molecule has 0 aliphatic carbocycles. The van der Waals surface area contributed by atoms with Gasteiger partial charge < -0.3 is 15.4 Å². The van der Waals surface area contributed by atoms with Crippen molar-refractivity contribution in [3.63, 3.8) is 0 Å². The molecule has 0 spiro atoms. The van der Waals surface area contributed by atoms with E-state index in [0.717, 1.165) is 51.3 Å². The van der Waals surface area contributed by atoms with Crippen LogP contribution < -0.4 is 10.6 Å². The van der Waals surface area contributed by atoms with Gasteiger partial charge in [-0.1, -0.05) is 30.3 Å². The van der Waals surface area contributed by atoms with Crippen molar-refractivity contribution in [1.82, 2.24) is 10.6 Å². The highest BCUT2D eigenvalue weighted by atomic mass is 16.5. The zero-order chi connectivity index (χ0) is 15.6. The lowest BCUT2D eigenvalue weighted by molar-refractivity contribution is 0.117. The highest BCUT2D eigenvalue weighted by Crippen LogP contribution is 2.11. The normalized spacial score (nSPS) is 19.9. The van der Waals surface area contributed by atoms with E-state index in [1.54, 1.807) is 0 Å². The fourth-order valence-corrected chi connectivity index (χ4v) is 2.63. The topological polar surface area (TPSA) is 45.7 Å². The maximum Gasteiger partial charge on any atom is 0.191 e. The molecule has 1 aliphatic rings. The van der Waals surface area contributed by atoms with Crippen LogP contribution in [0.5, 0.6) is 0 Å². The molecule has 1 fully saturated rings. The van der Waals surface area contributed by atoms with Crippen LogP contribution >= 0.6 is 0 Å². The van der Waals surface area contributed by atoms with E-state index in [-0.39, 0.29) is 0 Å². The molecule has 1 aliphatic heterocycles. The SMILES string of the molecule is CCNC(=NCC1CCCO1)NC(C)CCc1ccccc1. The molecule has 4 nitrogen and oxygen atoms in total. The first kappa shape index (κ1) is 16.8. The van der Waals surface area contributed by atoms with Gasteiger partial charge in [-0.2, -0.15) is 0 Å². The molecule has 0 amide bonds. The van der Waals surface area contributed by atoms with E-state index in [9.17, 15) is 0 Å². The molecule has 1 aromatic carbocycles. The summed E-state index contributed by atoms with van der Waals surface area (Å²) in [6.07, 6.45) is 4.77. The van der Waals surface area contributed by atoms with Crippen LogP contribution in [0.3, 0.4) is 0 Å². The van der Waals surface area contributed by atoms with E-state index in [1.165, 1.54) is 5.56 Å². The van der Waals surface area contributed by atoms with E-state index in [4.69, 9.17) is 4.74 Å². The van der Waals surface area contributed by atoms with Gasteiger partial charge in [0.25, 0.3) is 0 Å². The van der Waals surface area contributed by atoms with Crippen LogP contribution in [0.1, 0.15) is 38.7 Å². The molecule has 0 saturated carbocycles. The van der Waals surface area contributed by atoms with Crippen LogP contribution in [0.4, 0.5) is 0 Å². The van der Waals surface area contributed by atoms with Gasteiger partial charge in [0.05, 0.1) is 12.6 Å². The Bertz CT molecular complexity index is 441. The third-order valence-electron chi connectivity index (χ3n) is 3.91. The molecule has 1 saturated heterocycles. The Morgan fingerprint density at radius 2 is 2.18 bits per heavy atom. The van der Waals surface area contributed by atoms with Gasteiger partial charge in [-0.05, 0) is 45.1 Å². The van der Waals surface area contributed by atoms with Crippen LogP contribution in [-0.4, -0.2) is 37.8 Å². The molecule has 0 aromatic heterocycles. The molecule has 0 radical (unpaired) electrons. The Kier molecular flexibility index (Phi) is 7.23. The monoisotopic (exact) mass is 303 g/mol. The number of rotatable bonds is 7. The lowest BCUT2D eigenvalue weighted by Gasteiger charge is -2.18. The summed E-state index contributed by atoms with van der Waals surface area (Å²) in [7, 11) is 0. The summed E-state index contributed by atoms with van der Waals surface area (Å²) in [5.74, 6) is 0.901. The Morgan fingerprint density at radius 1 is 1.36 bits per heavy atom. The molecule has 2 atom stereocenters. The number of benzene rings is 1. The summed E-state index contributed by atoms with van der Waals surface area (Å²) < 4.78 is 5.63. The minimum Gasteiger partial charge on any atom is -0.376 e. The van der Waals surface area contributed by atoms with Crippen LogP contribution in [0.2, 0.25) is 0 Å². The molecule has 1 heterocycles. The number of nitrogens with one attached hydrogen (secondary N) is 2. The molecule has 2 N–H and O–H groups in total. The highest BCUT2D eigenvalue weighted by Gasteiger charge is 2.15. The van der Waals surface area contributed by atoms with Gasteiger partial charge in [0.2, 0.25) is 0 Å². The minimum atomic E-state index is 0.301. The molecule has 1 aromatic rings. The fraction of sp³-hybridized carbons (Fsp3) is 0.611. The fourth-order valence-electron chi connectivity index (χ4n) is 2.63. The van der Waals surface area contributed by atoms with E-state index in [1.807, 2.05) is 0 Å². The molecule has 2 unspecified atom stereocenters. The number of ether oxygens (including phenoxy) is 1. The highest BCUT2D eigenvalue weighted by molar-refractivity contribution is 5.80. The van der Waals surface area contributed by atoms with Crippen molar-refractivity contribution in [3.05, 3.63) is 35.9 Å². The maximum absolute atomic E-state index is 5.63. The van der Waals surface area contributed by atoms with Crippen molar-refractivity contribution in [2.75, 3.05) is 19.7 Å². The first-order valence-corrected chi connectivity index (χ1v) is 8.48. The minimum absolute atomic E-state index is 0.301. The van der Waals surface area contributed by atoms with Crippen molar-refractivity contribution in [2.24, 2.45) is 4.99 Å². The Labute approximate surface area is 134 Å². The van der Waals surface area contributed by atoms with Gasteiger partial charge in [-0.15, -0.1) is 0 Å². The lowest BCUT2D eigenvalue weighted by atomic mass is 10.1. The summed E-state index contributed by atoms with van der Waals surface area (Å²) in [6.45, 7) is 6.82. The zero-order valence-electron chi connectivity index (χ0n) is 13.8. The average Bonchev–Trinajstić information content (AvgIpc) is 3.05. The van der Waals surface area contributed by atoms with E-state index in [0.29, 0.717) is 12.1 Å². The van der Waals surface area contributed by atoms with E-state index >= 15 is 0 Å². The Hall–Kier alpha value is -1.55. The van der Waals surface area contributed by atoms with Crippen LogP contribution in [0.15, 0.2) is 35.3 Å². The number of hydrogen-bond donors (Lipinski definition) is 2. The number of guanidine groups is 1. The Balaban J connectivity index is 1.77. The third kappa shape index (κ3) is 6.06. The van der Waals surface area contributed by atoms with Crippen molar-refractivity contribution in [1.29, 1.82) is 0 Å². The van der Waals surface area contributed by atoms with Gasteiger partial charge in [0.15, 0.2) is 5.96 Å². The number of hydrogen-bond acceptors (Lipinski definition) is 2. The molecule has 2 rings (SSSR count). The first-order valence-electron chi connectivity index (χ1n) is 8.48. The Morgan fingerprint density at radius 3 is 2.86 bits per heavy atom. The standard InChI is InChI=1S/C18H29N3O/c1-3-19-18(20-14-17-10-7-13-22-17)21-15(2)11-12-16-8-5-4-6-9-16/h4-6,8-9,15,17H,3,7,10-14H2,1-2H3,(H2,19,20,21). The van der Waals surface area contributed by atoms with Crippen molar-refractivity contribution in [3.8, 4) is 0 Å². The van der Waals surface area contributed by atoms with Gasteiger partial charge in [-0.25, -0.2) is 0 Å². The van der Waals surface area contributed by atoms with Gasteiger partial charge in [0.1, 0.15) is 0 Å². The molecule has 22 heavy (non-hydrogen) atoms. The second-order valence-corrected chi connectivity index (χ2v) is 5.92. The van der Waals surface area contributed by atoms with Gasteiger partial charge in [-0.3, -0.25) is 4.99 Å². The predicted octanol–water partition coefficient (Wildman–Crippen LogP) is 2.74. The van der Waals surface area contributed by atoms with Gasteiger partial charge >= 0.3 is 0 Å². The summed E-state index contributed by atoms with van der Waals surface area (Å²) in [4.78, 5) is 4.66. The average molecular weight is 303 g/mol. The van der Waals surface area contributed by atoms with Crippen LogP contribution in [0, 0.1) is 0 Å².